The number of allylic oxidation sites excluding steroid dienone is 12. The smallest absolute Gasteiger partial charge is 0.306 e. The van der Waals surface area contributed by atoms with Gasteiger partial charge >= 0.3 is 17.9 Å². The fourth-order valence-corrected chi connectivity index (χ4v) is 8.86. The highest BCUT2D eigenvalue weighted by Gasteiger charge is 2.19. The Kier molecular flexibility index (Phi) is 57.8. The van der Waals surface area contributed by atoms with E-state index in [2.05, 4.69) is 93.7 Å². The van der Waals surface area contributed by atoms with Gasteiger partial charge in [-0.1, -0.05) is 293 Å². The monoisotopic (exact) mass is 1000 g/mol. The minimum absolute atomic E-state index is 0.0730. The molecule has 0 N–H and O–H groups in total. The van der Waals surface area contributed by atoms with Crippen molar-refractivity contribution < 1.29 is 28.6 Å². The first-order valence-corrected chi connectivity index (χ1v) is 30.9. The molecule has 6 nitrogen and oxygen atoms in total. The van der Waals surface area contributed by atoms with Crippen LogP contribution in [0.15, 0.2) is 72.9 Å². The summed E-state index contributed by atoms with van der Waals surface area (Å²) in [6.07, 6.45) is 77.5. The van der Waals surface area contributed by atoms with Gasteiger partial charge in [-0.05, 0) is 70.6 Å². The maximum Gasteiger partial charge on any atom is 0.306 e. The van der Waals surface area contributed by atoms with Gasteiger partial charge in [-0.2, -0.15) is 0 Å². The quantitative estimate of drug-likeness (QED) is 0.0261. The van der Waals surface area contributed by atoms with Crippen LogP contribution in [0.25, 0.3) is 0 Å². The second-order valence-electron chi connectivity index (χ2n) is 20.6. The van der Waals surface area contributed by atoms with Crippen molar-refractivity contribution in [3.8, 4) is 0 Å². The van der Waals surface area contributed by atoms with Crippen molar-refractivity contribution in [2.75, 3.05) is 13.2 Å². The molecule has 0 saturated heterocycles. The number of rotatable bonds is 56. The number of carbonyl (C=O) groups is 3. The van der Waals surface area contributed by atoms with E-state index in [1.54, 1.807) is 0 Å². The fraction of sp³-hybridized carbons (Fsp3) is 0.773. The van der Waals surface area contributed by atoms with Gasteiger partial charge in [0.15, 0.2) is 6.10 Å². The summed E-state index contributed by atoms with van der Waals surface area (Å²) in [6, 6.07) is 0. The molecular weight excluding hydrogens is 889 g/mol. The molecule has 0 aliphatic heterocycles. The highest BCUT2D eigenvalue weighted by molar-refractivity contribution is 5.71. The Hall–Kier alpha value is -3.15. The zero-order valence-corrected chi connectivity index (χ0v) is 47.7. The molecule has 0 rings (SSSR count). The van der Waals surface area contributed by atoms with E-state index in [4.69, 9.17) is 14.2 Å². The molecule has 0 aromatic rings. The van der Waals surface area contributed by atoms with Crippen molar-refractivity contribution in [3.05, 3.63) is 72.9 Å². The van der Waals surface area contributed by atoms with Crippen LogP contribution >= 0.6 is 0 Å². The largest absolute Gasteiger partial charge is 0.462 e. The third-order valence-electron chi connectivity index (χ3n) is 13.5. The van der Waals surface area contributed by atoms with Crippen molar-refractivity contribution in [2.24, 2.45) is 0 Å². The Morgan fingerprint density at radius 3 is 0.847 bits per heavy atom. The average Bonchev–Trinajstić information content (AvgIpc) is 3.38. The fourth-order valence-electron chi connectivity index (χ4n) is 8.86. The topological polar surface area (TPSA) is 78.9 Å². The van der Waals surface area contributed by atoms with Gasteiger partial charge in [0.2, 0.25) is 0 Å². The predicted molar refractivity (Wildman–Crippen MR) is 311 cm³/mol. The second kappa shape index (κ2) is 60.4. The third-order valence-corrected chi connectivity index (χ3v) is 13.5. The van der Waals surface area contributed by atoms with Gasteiger partial charge in [-0.25, -0.2) is 0 Å². The maximum atomic E-state index is 12.9. The molecule has 0 spiro atoms. The first kappa shape index (κ1) is 68.8. The van der Waals surface area contributed by atoms with Gasteiger partial charge < -0.3 is 14.2 Å². The van der Waals surface area contributed by atoms with E-state index in [-0.39, 0.29) is 31.1 Å². The van der Waals surface area contributed by atoms with Gasteiger partial charge in [0, 0.05) is 19.3 Å². The summed E-state index contributed by atoms with van der Waals surface area (Å²) in [5, 5.41) is 0. The number of hydrogen-bond donors (Lipinski definition) is 0. The zero-order chi connectivity index (χ0) is 52.2. The summed E-state index contributed by atoms with van der Waals surface area (Å²) < 4.78 is 16.9. The van der Waals surface area contributed by atoms with Gasteiger partial charge in [0.05, 0.1) is 0 Å². The summed E-state index contributed by atoms with van der Waals surface area (Å²) in [4.78, 5) is 38.2. The van der Waals surface area contributed by atoms with Crippen LogP contribution in [-0.2, 0) is 28.6 Å². The summed E-state index contributed by atoms with van der Waals surface area (Å²) in [5.41, 5.74) is 0. The summed E-state index contributed by atoms with van der Waals surface area (Å²) in [6.45, 7) is 6.55. The molecule has 0 amide bonds. The normalized spacial score (nSPS) is 12.5. The molecular formula is C66H116O6. The highest BCUT2D eigenvalue weighted by atomic mass is 16.6. The number of carbonyl (C=O) groups excluding carboxylic acids is 3. The average molecular weight is 1010 g/mol. The first-order chi connectivity index (χ1) is 35.5. The molecule has 0 aliphatic rings. The lowest BCUT2D eigenvalue weighted by Crippen LogP contribution is -2.30. The zero-order valence-electron chi connectivity index (χ0n) is 47.7. The number of hydrogen-bond acceptors (Lipinski definition) is 6. The Balaban J connectivity index is 4.28. The second-order valence-corrected chi connectivity index (χ2v) is 20.6. The molecule has 0 aromatic carbocycles. The molecule has 1 atom stereocenters. The summed E-state index contributed by atoms with van der Waals surface area (Å²) in [5.74, 6) is -0.866. The van der Waals surface area contributed by atoms with E-state index in [1.807, 2.05) is 0 Å². The van der Waals surface area contributed by atoms with E-state index in [9.17, 15) is 14.4 Å². The summed E-state index contributed by atoms with van der Waals surface area (Å²) >= 11 is 0. The molecule has 0 bridgehead atoms. The van der Waals surface area contributed by atoms with Crippen molar-refractivity contribution in [3.63, 3.8) is 0 Å². The molecule has 6 heteroatoms. The predicted octanol–water partition coefficient (Wildman–Crippen LogP) is 20.9. The lowest BCUT2D eigenvalue weighted by atomic mass is 10.0. The van der Waals surface area contributed by atoms with E-state index in [0.29, 0.717) is 19.3 Å². The van der Waals surface area contributed by atoms with E-state index in [0.717, 1.165) is 103 Å². The van der Waals surface area contributed by atoms with Crippen molar-refractivity contribution in [1.29, 1.82) is 0 Å². The Morgan fingerprint density at radius 2 is 0.542 bits per heavy atom. The minimum Gasteiger partial charge on any atom is -0.462 e. The van der Waals surface area contributed by atoms with Crippen LogP contribution < -0.4 is 0 Å². The van der Waals surface area contributed by atoms with E-state index < -0.39 is 6.10 Å². The molecule has 1 unspecified atom stereocenters. The van der Waals surface area contributed by atoms with Gasteiger partial charge in [0.25, 0.3) is 0 Å². The third kappa shape index (κ3) is 57.7. The van der Waals surface area contributed by atoms with Crippen LogP contribution in [0.4, 0.5) is 0 Å². The number of esters is 3. The van der Waals surface area contributed by atoms with E-state index in [1.165, 1.54) is 167 Å². The number of unbranched alkanes of at least 4 members (excludes halogenated alkanes) is 33. The lowest BCUT2D eigenvalue weighted by molar-refractivity contribution is -0.167. The number of ether oxygens (including phenoxy) is 3. The molecule has 0 heterocycles. The molecule has 72 heavy (non-hydrogen) atoms. The van der Waals surface area contributed by atoms with Crippen molar-refractivity contribution in [2.45, 2.75) is 316 Å². The summed E-state index contributed by atoms with van der Waals surface area (Å²) in [7, 11) is 0. The van der Waals surface area contributed by atoms with E-state index >= 15 is 0 Å². The molecule has 0 aromatic heterocycles. The lowest BCUT2D eigenvalue weighted by Gasteiger charge is -2.18. The highest BCUT2D eigenvalue weighted by Crippen LogP contribution is 2.17. The molecule has 0 radical (unpaired) electrons. The van der Waals surface area contributed by atoms with Crippen LogP contribution in [0.1, 0.15) is 310 Å². The van der Waals surface area contributed by atoms with Crippen molar-refractivity contribution in [1.82, 2.24) is 0 Å². The Morgan fingerprint density at radius 1 is 0.292 bits per heavy atom. The SMILES string of the molecule is CC/C=C\C/C=C\C/C=C\C/C=C\C/C=C\C/C=C\CCCCCCCCCCC(=O)OCC(COC(=O)CCCCCCCCCCCCCCC)OC(=O)CCCCCCCCCCCCCCCC. The van der Waals surface area contributed by atoms with Crippen LogP contribution in [0.3, 0.4) is 0 Å². The first-order valence-electron chi connectivity index (χ1n) is 30.9. The molecule has 416 valence electrons. The Bertz CT molecular complexity index is 1340. The standard InChI is InChI=1S/C66H116O6/c1-4-7-10-13-16-19-22-25-27-28-29-30-31-32-33-34-35-36-37-38-39-42-44-47-50-53-56-59-65(68)71-62-63(61-70-64(67)58-55-52-49-46-43-40-24-21-18-15-12-9-6-3)72-66(69)60-57-54-51-48-45-41-26-23-20-17-14-11-8-5-2/h7,10,16,19,25,27,29-30,32-33,35-36,63H,4-6,8-9,11-15,17-18,20-24,26,28,31,34,37-62H2,1-3H3/b10-7-,19-16-,27-25-,30-29-,33-32-,36-35-. The molecule has 0 saturated carbocycles. The maximum absolute atomic E-state index is 12.9. The van der Waals surface area contributed by atoms with Crippen LogP contribution in [0.5, 0.6) is 0 Å². The Labute approximate surface area is 446 Å². The van der Waals surface area contributed by atoms with Crippen LogP contribution in [-0.4, -0.2) is 37.2 Å². The van der Waals surface area contributed by atoms with Gasteiger partial charge in [0.1, 0.15) is 13.2 Å². The molecule has 0 aliphatic carbocycles. The van der Waals surface area contributed by atoms with Gasteiger partial charge in [-0.3, -0.25) is 14.4 Å². The molecule has 0 fully saturated rings. The van der Waals surface area contributed by atoms with Crippen LogP contribution in [0, 0.1) is 0 Å². The minimum atomic E-state index is -0.775. The van der Waals surface area contributed by atoms with Crippen molar-refractivity contribution >= 4 is 17.9 Å². The van der Waals surface area contributed by atoms with Gasteiger partial charge in [-0.15, -0.1) is 0 Å². The van der Waals surface area contributed by atoms with Crippen LogP contribution in [0.2, 0.25) is 0 Å².